The lowest BCUT2D eigenvalue weighted by Crippen LogP contribution is -2.00. The Hall–Kier alpha value is -7.63. The zero-order chi connectivity index (χ0) is 36.7. The molecule has 3 heterocycles. The van der Waals surface area contributed by atoms with Crippen LogP contribution >= 0.6 is 0 Å². The third-order valence-corrected chi connectivity index (χ3v) is 11.1. The molecule has 0 atom stereocenters. The summed E-state index contributed by atoms with van der Waals surface area (Å²) in [6, 6.07) is 61.1. The van der Waals surface area contributed by atoms with E-state index in [0.29, 0.717) is 17.5 Å². The Morgan fingerprint density at radius 1 is 0.286 bits per heavy atom. The summed E-state index contributed by atoms with van der Waals surface area (Å²) in [4.78, 5) is 15.6. The minimum atomic E-state index is 0.584. The largest absolute Gasteiger partial charge is 0.456 e. The first kappa shape index (κ1) is 30.8. The molecule has 0 aliphatic carbocycles. The van der Waals surface area contributed by atoms with Gasteiger partial charge in [0.25, 0.3) is 0 Å². The first-order chi connectivity index (χ1) is 27.7. The van der Waals surface area contributed by atoms with Crippen LogP contribution in [0.2, 0.25) is 0 Å². The quantitative estimate of drug-likeness (QED) is 0.170. The van der Waals surface area contributed by atoms with Crippen LogP contribution in [0.25, 0.3) is 121 Å². The molecule has 9 aromatic carbocycles. The number of hydrogen-bond donors (Lipinski definition) is 0. The second kappa shape index (κ2) is 11.9. The summed E-state index contributed by atoms with van der Waals surface area (Å²) >= 11 is 0. The van der Waals surface area contributed by atoms with Gasteiger partial charge in [-0.05, 0) is 85.9 Å². The third kappa shape index (κ3) is 4.78. The average molecular weight is 716 g/mol. The van der Waals surface area contributed by atoms with Crippen LogP contribution in [0, 0.1) is 0 Å². The van der Waals surface area contributed by atoms with Gasteiger partial charge in [-0.3, -0.25) is 0 Å². The number of benzene rings is 9. The van der Waals surface area contributed by atoms with E-state index >= 15 is 0 Å². The minimum absolute atomic E-state index is 0.584. The Bertz CT molecular complexity index is 3550. The molecule has 260 valence electrons. The number of aromatic nitrogens is 3. The molecular formula is C51H29N3O2. The lowest BCUT2D eigenvalue weighted by atomic mass is 9.99. The maximum Gasteiger partial charge on any atom is 0.164 e. The number of hydrogen-bond acceptors (Lipinski definition) is 5. The van der Waals surface area contributed by atoms with Gasteiger partial charge in [0.15, 0.2) is 17.5 Å². The van der Waals surface area contributed by atoms with Gasteiger partial charge < -0.3 is 8.83 Å². The second-order valence-electron chi connectivity index (χ2n) is 14.4. The molecule has 0 saturated heterocycles. The predicted molar refractivity (Wildman–Crippen MR) is 229 cm³/mol. The monoisotopic (exact) mass is 715 g/mol. The lowest BCUT2D eigenvalue weighted by molar-refractivity contribution is 0.669. The first-order valence-corrected chi connectivity index (χ1v) is 18.8. The molecular weight excluding hydrogens is 687 g/mol. The fourth-order valence-corrected chi connectivity index (χ4v) is 8.42. The Labute approximate surface area is 320 Å². The maximum absolute atomic E-state index is 6.52. The fraction of sp³-hybridized carbons (Fsp3) is 0. The molecule has 0 bridgehead atoms. The molecule has 0 fully saturated rings. The van der Waals surface area contributed by atoms with Crippen molar-refractivity contribution in [2.24, 2.45) is 0 Å². The van der Waals surface area contributed by atoms with Crippen LogP contribution in [0.1, 0.15) is 0 Å². The molecule has 12 rings (SSSR count). The zero-order valence-electron chi connectivity index (χ0n) is 29.9. The highest BCUT2D eigenvalue weighted by molar-refractivity contribution is 6.19. The standard InChI is InChI=1S/C51H29N3O2/c1-2-9-30(10-3-1)32-19-25-41-46(29-32)56-44-16-8-14-42(48(41)44)51-53-49(35-20-23-38-33(27-35)18-17-31-11-4-5-12-37(31)38)52-50(54-51)36-21-24-39-34(28-36)22-26-45-47(39)40-13-6-7-15-43(40)55-45/h1-29H. The first-order valence-electron chi connectivity index (χ1n) is 18.8. The van der Waals surface area contributed by atoms with E-state index in [4.69, 9.17) is 23.8 Å². The van der Waals surface area contributed by atoms with E-state index in [2.05, 4.69) is 146 Å². The van der Waals surface area contributed by atoms with Gasteiger partial charge >= 0.3 is 0 Å². The smallest absolute Gasteiger partial charge is 0.164 e. The van der Waals surface area contributed by atoms with Gasteiger partial charge in [0, 0.05) is 38.2 Å². The van der Waals surface area contributed by atoms with E-state index in [9.17, 15) is 0 Å². The molecule has 0 radical (unpaired) electrons. The van der Waals surface area contributed by atoms with Crippen molar-refractivity contribution in [2.45, 2.75) is 0 Å². The van der Waals surface area contributed by atoms with Crippen molar-refractivity contribution in [3.63, 3.8) is 0 Å². The number of furan rings is 2. The zero-order valence-corrected chi connectivity index (χ0v) is 29.9. The Balaban J connectivity index is 1.07. The molecule has 0 amide bonds. The molecule has 0 unspecified atom stereocenters. The number of fused-ring (bicyclic) bond motifs is 11. The number of nitrogens with zero attached hydrogens (tertiary/aromatic N) is 3. The second-order valence-corrected chi connectivity index (χ2v) is 14.4. The van der Waals surface area contributed by atoms with E-state index in [-0.39, 0.29) is 0 Å². The molecule has 0 aliphatic heterocycles. The highest BCUT2D eigenvalue weighted by atomic mass is 16.3. The number of rotatable bonds is 4. The van der Waals surface area contributed by atoms with E-state index in [1.807, 2.05) is 30.3 Å². The van der Waals surface area contributed by atoms with Crippen LogP contribution in [0.3, 0.4) is 0 Å². The van der Waals surface area contributed by atoms with Crippen molar-refractivity contribution in [1.29, 1.82) is 0 Å². The highest BCUT2D eigenvalue weighted by Crippen LogP contribution is 2.40. The van der Waals surface area contributed by atoms with Gasteiger partial charge in [-0.1, -0.05) is 133 Å². The summed E-state index contributed by atoms with van der Waals surface area (Å²) in [5.74, 6) is 1.78. The normalized spacial score (nSPS) is 11.9. The van der Waals surface area contributed by atoms with E-state index in [0.717, 1.165) is 87.9 Å². The van der Waals surface area contributed by atoms with Crippen molar-refractivity contribution >= 4 is 76.2 Å². The van der Waals surface area contributed by atoms with Gasteiger partial charge in [-0.2, -0.15) is 0 Å². The third-order valence-electron chi connectivity index (χ3n) is 11.1. The summed E-state index contributed by atoms with van der Waals surface area (Å²) in [7, 11) is 0. The summed E-state index contributed by atoms with van der Waals surface area (Å²) in [6.45, 7) is 0. The molecule has 56 heavy (non-hydrogen) atoms. The Kier molecular flexibility index (Phi) is 6.56. The van der Waals surface area contributed by atoms with E-state index in [1.54, 1.807) is 0 Å². The molecule has 5 nitrogen and oxygen atoms in total. The van der Waals surface area contributed by atoms with Gasteiger partial charge in [0.05, 0.1) is 0 Å². The Morgan fingerprint density at radius 3 is 1.71 bits per heavy atom. The molecule has 0 aliphatic rings. The topological polar surface area (TPSA) is 65.0 Å². The van der Waals surface area contributed by atoms with Crippen molar-refractivity contribution in [1.82, 2.24) is 15.0 Å². The van der Waals surface area contributed by atoms with Crippen molar-refractivity contribution < 1.29 is 8.83 Å². The SMILES string of the molecule is c1ccc(-c2ccc3c(c2)oc2cccc(-c4nc(-c5ccc6c(ccc7ccccc76)c5)nc(-c5ccc6c(ccc7oc8ccccc8c76)c5)n4)c23)cc1. The van der Waals surface area contributed by atoms with Gasteiger partial charge in [-0.15, -0.1) is 0 Å². The van der Waals surface area contributed by atoms with Crippen LogP contribution < -0.4 is 0 Å². The fourth-order valence-electron chi connectivity index (χ4n) is 8.42. The predicted octanol–water partition coefficient (Wildman–Crippen LogP) is 13.8. The van der Waals surface area contributed by atoms with Crippen LogP contribution in [0.15, 0.2) is 185 Å². The summed E-state index contributed by atoms with van der Waals surface area (Å²) in [5.41, 5.74) is 8.30. The van der Waals surface area contributed by atoms with E-state index < -0.39 is 0 Å². The number of para-hydroxylation sites is 1. The van der Waals surface area contributed by atoms with E-state index in [1.165, 1.54) is 16.2 Å². The molecule has 0 N–H and O–H groups in total. The van der Waals surface area contributed by atoms with Gasteiger partial charge in [0.1, 0.15) is 22.3 Å². The van der Waals surface area contributed by atoms with Crippen molar-refractivity contribution in [2.75, 3.05) is 0 Å². The lowest BCUT2D eigenvalue weighted by Gasteiger charge is -2.11. The summed E-state index contributed by atoms with van der Waals surface area (Å²) < 4.78 is 12.7. The highest BCUT2D eigenvalue weighted by Gasteiger charge is 2.19. The average Bonchev–Trinajstić information content (AvgIpc) is 3.84. The summed E-state index contributed by atoms with van der Waals surface area (Å²) in [5, 5.41) is 11.2. The van der Waals surface area contributed by atoms with Crippen LogP contribution in [-0.4, -0.2) is 15.0 Å². The molecule has 5 heteroatoms. The van der Waals surface area contributed by atoms with Crippen molar-refractivity contribution in [3.8, 4) is 45.3 Å². The van der Waals surface area contributed by atoms with Gasteiger partial charge in [0.2, 0.25) is 0 Å². The van der Waals surface area contributed by atoms with Crippen LogP contribution in [0.4, 0.5) is 0 Å². The minimum Gasteiger partial charge on any atom is -0.456 e. The molecule has 0 spiro atoms. The molecule has 12 aromatic rings. The summed E-state index contributed by atoms with van der Waals surface area (Å²) in [6.07, 6.45) is 0. The van der Waals surface area contributed by atoms with Crippen molar-refractivity contribution in [3.05, 3.63) is 176 Å². The molecule has 3 aromatic heterocycles. The Morgan fingerprint density at radius 2 is 0.857 bits per heavy atom. The van der Waals surface area contributed by atoms with Crippen LogP contribution in [0.5, 0.6) is 0 Å². The van der Waals surface area contributed by atoms with Gasteiger partial charge in [-0.25, -0.2) is 15.0 Å². The van der Waals surface area contributed by atoms with Crippen LogP contribution in [-0.2, 0) is 0 Å². The maximum atomic E-state index is 6.52. The molecule has 0 saturated carbocycles.